The van der Waals surface area contributed by atoms with Crippen molar-refractivity contribution in [3.8, 4) is 0 Å². The maximum Gasteiger partial charge on any atom is 0.247 e. The average Bonchev–Trinajstić information content (AvgIpc) is 2.28. The summed E-state index contributed by atoms with van der Waals surface area (Å²) in [5.41, 5.74) is 5.61. The topological polar surface area (TPSA) is 72.6 Å². The molecule has 0 bridgehead atoms. The van der Waals surface area contributed by atoms with Crippen molar-refractivity contribution in [1.29, 1.82) is 0 Å². The van der Waals surface area contributed by atoms with E-state index in [4.69, 9.17) is 10.5 Å². The molecular formula is C10H12F2N2O3S. The van der Waals surface area contributed by atoms with Gasteiger partial charge in [-0.3, -0.25) is 0 Å². The summed E-state index contributed by atoms with van der Waals surface area (Å²) in [5.74, 6) is -1.97. The van der Waals surface area contributed by atoms with Crippen LogP contribution < -0.4 is 5.73 Å². The Labute approximate surface area is 103 Å². The van der Waals surface area contributed by atoms with Crippen molar-refractivity contribution in [3.05, 3.63) is 29.8 Å². The maximum atomic E-state index is 13.5. The van der Waals surface area contributed by atoms with Crippen LogP contribution in [0.5, 0.6) is 0 Å². The Kier molecular flexibility index (Phi) is 3.62. The lowest BCUT2D eigenvalue weighted by molar-refractivity contribution is 0.0349. The number of rotatable bonds is 2. The fraction of sp³-hybridized carbons (Fsp3) is 0.400. The second-order valence-corrected chi connectivity index (χ2v) is 5.69. The van der Waals surface area contributed by atoms with Crippen LogP contribution >= 0.6 is 0 Å². The van der Waals surface area contributed by atoms with Crippen molar-refractivity contribution in [2.75, 3.05) is 19.8 Å². The number of ether oxygens (including phenoxy) is 1. The van der Waals surface area contributed by atoms with Crippen LogP contribution in [0.25, 0.3) is 0 Å². The van der Waals surface area contributed by atoms with Crippen molar-refractivity contribution < 1.29 is 21.9 Å². The Balaban J connectivity index is 2.41. The molecule has 1 saturated heterocycles. The summed E-state index contributed by atoms with van der Waals surface area (Å²) in [6.45, 7) is 0.276. The summed E-state index contributed by atoms with van der Waals surface area (Å²) >= 11 is 0. The number of nitrogens with two attached hydrogens (primary N) is 1. The van der Waals surface area contributed by atoms with Gasteiger partial charge in [-0.25, -0.2) is 17.2 Å². The first-order valence-corrected chi connectivity index (χ1v) is 6.67. The van der Waals surface area contributed by atoms with Crippen molar-refractivity contribution in [2.45, 2.75) is 11.1 Å². The molecule has 5 nitrogen and oxygen atoms in total. The van der Waals surface area contributed by atoms with E-state index < -0.39 is 32.7 Å². The minimum absolute atomic E-state index is 0.0420. The van der Waals surface area contributed by atoms with Gasteiger partial charge in [0.15, 0.2) is 0 Å². The molecule has 8 heteroatoms. The number of morpholine rings is 1. The van der Waals surface area contributed by atoms with Gasteiger partial charge < -0.3 is 10.5 Å². The molecule has 0 saturated carbocycles. The monoisotopic (exact) mass is 278 g/mol. The highest BCUT2D eigenvalue weighted by atomic mass is 32.2. The fourth-order valence-electron chi connectivity index (χ4n) is 1.72. The van der Waals surface area contributed by atoms with Crippen LogP contribution in [0.4, 0.5) is 8.78 Å². The zero-order valence-electron chi connectivity index (χ0n) is 9.34. The molecule has 0 aliphatic carbocycles. The van der Waals surface area contributed by atoms with Crippen LogP contribution in [0.3, 0.4) is 0 Å². The van der Waals surface area contributed by atoms with Gasteiger partial charge in [0.25, 0.3) is 0 Å². The second-order valence-electron chi connectivity index (χ2n) is 3.83. The predicted octanol–water partition coefficient (Wildman–Crippen LogP) is 0.270. The second kappa shape index (κ2) is 4.88. The molecule has 100 valence electrons. The summed E-state index contributed by atoms with van der Waals surface area (Å²) in [6.07, 6.45) is -0.867. The van der Waals surface area contributed by atoms with E-state index in [1.54, 1.807) is 0 Å². The first kappa shape index (κ1) is 13.3. The summed E-state index contributed by atoms with van der Waals surface area (Å²) in [4.78, 5) is -0.582. The number of nitrogens with zero attached hydrogens (tertiary/aromatic N) is 1. The van der Waals surface area contributed by atoms with Crippen LogP contribution in [-0.4, -0.2) is 38.6 Å². The van der Waals surface area contributed by atoms with Crippen molar-refractivity contribution >= 4 is 10.0 Å². The summed E-state index contributed by atoms with van der Waals surface area (Å²) in [5, 5.41) is 0. The van der Waals surface area contributed by atoms with E-state index in [1.165, 1.54) is 0 Å². The quantitative estimate of drug-likeness (QED) is 0.843. The largest absolute Gasteiger partial charge is 0.377 e. The zero-order chi connectivity index (χ0) is 13.3. The Bertz CT molecular complexity index is 550. The molecule has 0 radical (unpaired) electrons. The van der Waals surface area contributed by atoms with Crippen LogP contribution in [-0.2, 0) is 14.8 Å². The third-order valence-corrected chi connectivity index (χ3v) is 4.55. The fourth-order valence-corrected chi connectivity index (χ4v) is 3.25. The smallest absolute Gasteiger partial charge is 0.247 e. The molecule has 1 aromatic rings. The number of halogens is 2. The third kappa shape index (κ3) is 2.37. The predicted molar refractivity (Wildman–Crippen MR) is 59.0 cm³/mol. The molecule has 2 N–H and O–H groups in total. The highest BCUT2D eigenvalue weighted by Crippen LogP contribution is 2.22. The minimum atomic E-state index is -4.07. The number of benzene rings is 1. The van der Waals surface area contributed by atoms with Gasteiger partial charge in [-0.05, 0) is 12.1 Å². The van der Waals surface area contributed by atoms with E-state index in [0.717, 1.165) is 16.4 Å². The number of sulfonamides is 1. The highest BCUT2D eigenvalue weighted by molar-refractivity contribution is 7.89. The molecule has 0 aromatic heterocycles. The molecule has 2 rings (SSSR count). The van der Waals surface area contributed by atoms with Gasteiger partial charge in [-0.2, -0.15) is 4.31 Å². The number of hydrogen-bond donors (Lipinski definition) is 1. The summed E-state index contributed by atoms with van der Waals surface area (Å²) in [6, 6.07) is 2.31. The lowest BCUT2D eigenvalue weighted by atomic mass is 10.3. The molecule has 1 unspecified atom stereocenters. The minimum Gasteiger partial charge on any atom is -0.377 e. The Morgan fingerprint density at radius 2 is 2.11 bits per heavy atom. The first-order valence-electron chi connectivity index (χ1n) is 5.23. The molecule has 1 aliphatic rings. The van der Waals surface area contributed by atoms with E-state index in [-0.39, 0.29) is 19.8 Å². The molecule has 1 aliphatic heterocycles. The van der Waals surface area contributed by atoms with Gasteiger partial charge in [0.1, 0.15) is 16.5 Å². The van der Waals surface area contributed by atoms with Gasteiger partial charge >= 0.3 is 0 Å². The van der Waals surface area contributed by atoms with Gasteiger partial charge in [-0.1, -0.05) is 0 Å². The van der Waals surface area contributed by atoms with Crippen molar-refractivity contribution in [1.82, 2.24) is 4.31 Å². The average molecular weight is 278 g/mol. The van der Waals surface area contributed by atoms with Gasteiger partial charge in [-0.15, -0.1) is 0 Å². The third-order valence-electron chi connectivity index (χ3n) is 2.60. The molecular weight excluding hydrogens is 266 g/mol. The summed E-state index contributed by atoms with van der Waals surface area (Å²) in [7, 11) is -4.07. The number of hydrogen-bond acceptors (Lipinski definition) is 4. The Morgan fingerprint density at radius 1 is 1.39 bits per heavy atom. The first-order chi connectivity index (χ1) is 8.43. The molecule has 1 heterocycles. The van der Waals surface area contributed by atoms with Gasteiger partial charge in [0.05, 0.1) is 19.4 Å². The van der Waals surface area contributed by atoms with Crippen molar-refractivity contribution in [2.24, 2.45) is 5.73 Å². The normalized spacial score (nSPS) is 22.1. The van der Waals surface area contributed by atoms with E-state index >= 15 is 0 Å². The molecule has 0 amide bonds. The van der Waals surface area contributed by atoms with E-state index in [2.05, 4.69) is 0 Å². The lowest BCUT2D eigenvalue weighted by Gasteiger charge is -2.31. The molecule has 1 aromatic carbocycles. The van der Waals surface area contributed by atoms with Gasteiger partial charge in [0.2, 0.25) is 10.0 Å². The van der Waals surface area contributed by atoms with Crippen LogP contribution in [0.2, 0.25) is 0 Å². The standard InChI is InChI=1S/C10H12F2N2O3S/c11-7-1-2-9(8(12)5-7)18(15,16)14-3-4-17-6-10(14)13/h1-2,5,10H,3-4,6,13H2. The van der Waals surface area contributed by atoms with E-state index in [9.17, 15) is 17.2 Å². The van der Waals surface area contributed by atoms with Crippen LogP contribution in [0.1, 0.15) is 0 Å². The molecule has 18 heavy (non-hydrogen) atoms. The SMILES string of the molecule is NC1COCCN1S(=O)(=O)c1ccc(F)cc1F. The van der Waals surface area contributed by atoms with E-state index in [1.807, 2.05) is 0 Å². The van der Waals surface area contributed by atoms with Crippen molar-refractivity contribution in [3.63, 3.8) is 0 Å². The molecule has 1 fully saturated rings. The Hall–Kier alpha value is -1.09. The maximum absolute atomic E-state index is 13.5. The molecule has 1 atom stereocenters. The summed E-state index contributed by atoms with van der Waals surface area (Å²) < 4.78 is 56.5. The Morgan fingerprint density at radius 3 is 2.72 bits per heavy atom. The molecule has 0 spiro atoms. The van der Waals surface area contributed by atoms with Crippen LogP contribution in [0, 0.1) is 11.6 Å². The van der Waals surface area contributed by atoms with Gasteiger partial charge in [0, 0.05) is 12.6 Å². The zero-order valence-corrected chi connectivity index (χ0v) is 10.2. The van der Waals surface area contributed by atoms with Crippen LogP contribution in [0.15, 0.2) is 23.1 Å². The highest BCUT2D eigenvalue weighted by Gasteiger charge is 2.33. The lowest BCUT2D eigenvalue weighted by Crippen LogP contribution is -2.53. The van der Waals surface area contributed by atoms with E-state index in [0.29, 0.717) is 6.07 Å².